The lowest BCUT2D eigenvalue weighted by Crippen LogP contribution is -2.35. The molecule has 0 saturated carbocycles. The van der Waals surface area contributed by atoms with Gasteiger partial charge in [0.25, 0.3) is 0 Å². The van der Waals surface area contributed by atoms with Crippen LogP contribution in [0.25, 0.3) is 0 Å². The summed E-state index contributed by atoms with van der Waals surface area (Å²) in [6.45, 7) is 5.23. The van der Waals surface area contributed by atoms with Crippen molar-refractivity contribution < 1.29 is 9.13 Å². The van der Waals surface area contributed by atoms with Crippen LogP contribution in [0.5, 0.6) is 5.75 Å². The molecule has 3 nitrogen and oxygen atoms in total. The molecule has 1 heterocycles. The number of rotatable bonds is 7. The molecule has 0 radical (unpaired) electrons. The van der Waals surface area contributed by atoms with Crippen molar-refractivity contribution in [2.24, 2.45) is 5.92 Å². The molecule has 120 valence electrons. The normalized spacial score (nSPS) is 15.8. The molecular formula is C16H26ClFN2O. The van der Waals surface area contributed by atoms with Crippen LogP contribution in [0.3, 0.4) is 0 Å². The molecule has 1 N–H and O–H groups in total. The van der Waals surface area contributed by atoms with Gasteiger partial charge >= 0.3 is 0 Å². The summed E-state index contributed by atoms with van der Waals surface area (Å²) in [7, 11) is 2.18. The van der Waals surface area contributed by atoms with E-state index < -0.39 is 0 Å². The monoisotopic (exact) mass is 316 g/mol. The number of benzene rings is 1. The molecule has 0 bridgehead atoms. The summed E-state index contributed by atoms with van der Waals surface area (Å²) in [4.78, 5) is 2.39. The largest absolute Gasteiger partial charge is 0.494 e. The van der Waals surface area contributed by atoms with E-state index in [1.807, 2.05) is 0 Å². The van der Waals surface area contributed by atoms with E-state index in [0.717, 1.165) is 37.7 Å². The minimum absolute atomic E-state index is 0. The Hall–Kier alpha value is -0.840. The van der Waals surface area contributed by atoms with E-state index in [1.54, 1.807) is 12.1 Å². The van der Waals surface area contributed by atoms with Crippen LogP contribution in [0.4, 0.5) is 4.39 Å². The van der Waals surface area contributed by atoms with Gasteiger partial charge in [-0.3, -0.25) is 0 Å². The van der Waals surface area contributed by atoms with Crippen LogP contribution >= 0.6 is 12.4 Å². The molecule has 0 atom stereocenters. The van der Waals surface area contributed by atoms with Crippen molar-refractivity contribution in [3.8, 4) is 5.75 Å². The van der Waals surface area contributed by atoms with E-state index in [4.69, 9.17) is 4.74 Å². The van der Waals surface area contributed by atoms with Crippen molar-refractivity contribution in [1.82, 2.24) is 10.2 Å². The summed E-state index contributed by atoms with van der Waals surface area (Å²) in [6.07, 6.45) is 3.58. The van der Waals surface area contributed by atoms with E-state index in [9.17, 15) is 4.39 Å². The third-order valence-electron chi connectivity index (χ3n) is 3.80. The van der Waals surface area contributed by atoms with Crippen LogP contribution in [0.1, 0.15) is 19.3 Å². The van der Waals surface area contributed by atoms with Crippen molar-refractivity contribution in [3.63, 3.8) is 0 Å². The SMILES string of the molecule is CN(CCCOc1ccc(F)cc1)CC1CCNCC1.Cl. The molecule has 0 amide bonds. The van der Waals surface area contributed by atoms with Crippen LogP contribution in [-0.4, -0.2) is 44.7 Å². The van der Waals surface area contributed by atoms with Crippen molar-refractivity contribution in [3.05, 3.63) is 30.1 Å². The molecule has 21 heavy (non-hydrogen) atoms. The lowest BCUT2D eigenvalue weighted by Gasteiger charge is -2.27. The Balaban J connectivity index is 0.00000220. The molecule has 0 aliphatic carbocycles. The second-order valence-electron chi connectivity index (χ2n) is 5.61. The highest BCUT2D eigenvalue weighted by molar-refractivity contribution is 5.85. The molecule has 1 fully saturated rings. The lowest BCUT2D eigenvalue weighted by molar-refractivity contribution is 0.218. The maximum atomic E-state index is 12.7. The highest BCUT2D eigenvalue weighted by Gasteiger charge is 2.14. The minimum atomic E-state index is -0.223. The zero-order valence-electron chi connectivity index (χ0n) is 12.7. The molecule has 1 aliphatic heterocycles. The highest BCUT2D eigenvalue weighted by atomic mass is 35.5. The zero-order valence-corrected chi connectivity index (χ0v) is 13.5. The van der Waals surface area contributed by atoms with Gasteiger partial charge in [0.2, 0.25) is 0 Å². The van der Waals surface area contributed by atoms with Gasteiger partial charge in [0.1, 0.15) is 11.6 Å². The summed E-state index contributed by atoms with van der Waals surface area (Å²) in [6, 6.07) is 6.21. The summed E-state index contributed by atoms with van der Waals surface area (Å²) >= 11 is 0. The first kappa shape index (κ1) is 18.2. The lowest BCUT2D eigenvalue weighted by atomic mass is 9.98. The van der Waals surface area contributed by atoms with Gasteiger partial charge < -0.3 is 15.0 Å². The summed E-state index contributed by atoms with van der Waals surface area (Å²) in [5.74, 6) is 1.35. The van der Waals surface area contributed by atoms with E-state index in [1.165, 1.54) is 31.5 Å². The average Bonchev–Trinajstić information content (AvgIpc) is 2.46. The van der Waals surface area contributed by atoms with Crippen LogP contribution in [0.2, 0.25) is 0 Å². The number of halogens is 2. The smallest absolute Gasteiger partial charge is 0.123 e. The summed E-state index contributed by atoms with van der Waals surface area (Å²) in [5, 5.41) is 3.40. The Labute approximate surface area is 133 Å². The van der Waals surface area contributed by atoms with Gasteiger partial charge in [-0.15, -0.1) is 12.4 Å². The fourth-order valence-electron chi connectivity index (χ4n) is 2.65. The first-order valence-corrected chi connectivity index (χ1v) is 7.51. The molecule has 5 heteroatoms. The van der Waals surface area contributed by atoms with Gasteiger partial charge in [0.05, 0.1) is 6.61 Å². The zero-order chi connectivity index (χ0) is 14.2. The molecule has 0 spiro atoms. The topological polar surface area (TPSA) is 24.5 Å². The molecule has 0 unspecified atom stereocenters. The Kier molecular flexibility index (Phi) is 8.66. The van der Waals surface area contributed by atoms with E-state index >= 15 is 0 Å². The predicted molar refractivity (Wildman–Crippen MR) is 86.9 cm³/mol. The summed E-state index contributed by atoms with van der Waals surface area (Å²) in [5.41, 5.74) is 0. The van der Waals surface area contributed by atoms with Crippen molar-refractivity contribution in [2.75, 3.05) is 39.8 Å². The second kappa shape index (κ2) is 9.98. The highest BCUT2D eigenvalue weighted by Crippen LogP contribution is 2.13. The Morgan fingerprint density at radius 1 is 1.24 bits per heavy atom. The second-order valence-corrected chi connectivity index (χ2v) is 5.61. The third-order valence-corrected chi connectivity index (χ3v) is 3.80. The predicted octanol–water partition coefficient (Wildman–Crippen LogP) is 2.95. The first-order valence-electron chi connectivity index (χ1n) is 7.51. The third kappa shape index (κ3) is 7.11. The van der Waals surface area contributed by atoms with Gasteiger partial charge in [0, 0.05) is 13.1 Å². The first-order chi connectivity index (χ1) is 9.74. The van der Waals surface area contributed by atoms with Crippen LogP contribution in [-0.2, 0) is 0 Å². The van der Waals surface area contributed by atoms with Crippen LogP contribution in [0.15, 0.2) is 24.3 Å². The quantitative estimate of drug-likeness (QED) is 0.783. The standard InChI is InChI=1S/C16H25FN2O.ClH/c1-19(13-14-7-9-18-10-8-14)11-2-12-20-16-5-3-15(17)4-6-16;/h3-6,14,18H,2,7-13H2,1H3;1H. The van der Waals surface area contributed by atoms with E-state index in [0.29, 0.717) is 6.61 Å². The molecule has 1 saturated heterocycles. The molecule has 1 aromatic carbocycles. The number of nitrogens with zero attached hydrogens (tertiary/aromatic N) is 1. The van der Waals surface area contributed by atoms with E-state index in [-0.39, 0.29) is 18.2 Å². The van der Waals surface area contributed by atoms with E-state index in [2.05, 4.69) is 17.3 Å². The number of hydrogen-bond donors (Lipinski definition) is 1. The molecule has 2 rings (SSSR count). The molecular weight excluding hydrogens is 291 g/mol. The van der Waals surface area contributed by atoms with Gasteiger partial charge in [-0.25, -0.2) is 4.39 Å². The Bertz CT molecular complexity index is 382. The molecule has 0 aromatic heterocycles. The maximum Gasteiger partial charge on any atom is 0.123 e. The fraction of sp³-hybridized carbons (Fsp3) is 0.625. The van der Waals surface area contributed by atoms with Gasteiger partial charge in [0.15, 0.2) is 0 Å². The number of hydrogen-bond acceptors (Lipinski definition) is 3. The average molecular weight is 317 g/mol. The number of piperidine rings is 1. The number of ether oxygens (including phenoxy) is 1. The van der Waals surface area contributed by atoms with Crippen molar-refractivity contribution >= 4 is 12.4 Å². The molecule has 1 aromatic rings. The van der Waals surface area contributed by atoms with Crippen LogP contribution < -0.4 is 10.1 Å². The Morgan fingerprint density at radius 2 is 1.90 bits per heavy atom. The Morgan fingerprint density at radius 3 is 2.57 bits per heavy atom. The fourth-order valence-corrected chi connectivity index (χ4v) is 2.65. The number of nitrogens with one attached hydrogen (secondary N) is 1. The molecule has 1 aliphatic rings. The maximum absolute atomic E-state index is 12.7. The minimum Gasteiger partial charge on any atom is -0.494 e. The van der Waals surface area contributed by atoms with Crippen LogP contribution in [0, 0.1) is 11.7 Å². The summed E-state index contributed by atoms with van der Waals surface area (Å²) < 4.78 is 18.3. The van der Waals surface area contributed by atoms with Crippen molar-refractivity contribution in [2.45, 2.75) is 19.3 Å². The van der Waals surface area contributed by atoms with Crippen molar-refractivity contribution in [1.29, 1.82) is 0 Å². The van der Waals surface area contributed by atoms with Gasteiger partial charge in [-0.2, -0.15) is 0 Å². The van der Waals surface area contributed by atoms with Gasteiger partial charge in [-0.1, -0.05) is 0 Å². The van der Waals surface area contributed by atoms with Gasteiger partial charge in [-0.05, 0) is 69.6 Å².